The third kappa shape index (κ3) is 3.37. The fourth-order valence-electron chi connectivity index (χ4n) is 3.71. The van der Waals surface area contributed by atoms with Crippen LogP contribution in [0.1, 0.15) is 54.7 Å². The molecule has 0 saturated carbocycles. The number of hydrogen-bond donors (Lipinski definition) is 0. The highest BCUT2D eigenvalue weighted by atomic mass is 16.2. The van der Waals surface area contributed by atoms with Crippen LogP contribution in [0.2, 0.25) is 0 Å². The highest BCUT2D eigenvalue weighted by Crippen LogP contribution is 2.23. The van der Waals surface area contributed by atoms with Gasteiger partial charge in [0.2, 0.25) is 0 Å². The maximum atomic E-state index is 12.6. The van der Waals surface area contributed by atoms with Gasteiger partial charge in [-0.3, -0.25) is 4.79 Å². The van der Waals surface area contributed by atoms with Gasteiger partial charge in [-0.1, -0.05) is 0 Å². The van der Waals surface area contributed by atoms with Gasteiger partial charge in [-0.15, -0.1) is 0 Å². The number of aromatic nitrogens is 4. The Bertz CT molecular complexity index is 715. The van der Waals surface area contributed by atoms with Crippen LogP contribution in [0.5, 0.6) is 0 Å². The average molecular weight is 329 g/mol. The summed E-state index contributed by atoms with van der Waals surface area (Å²) in [4.78, 5) is 23.4. The Morgan fingerprint density at radius 3 is 2.83 bits per heavy atom. The molecule has 0 radical (unpaired) electrons. The summed E-state index contributed by atoms with van der Waals surface area (Å²) in [5.41, 5.74) is 1.75. The molecule has 0 N–H and O–H groups in total. The summed E-state index contributed by atoms with van der Waals surface area (Å²) >= 11 is 0. The van der Waals surface area contributed by atoms with Crippen molar-refractivity contribution in [3.05, 3.63) is 35.9 Å². The third-order valence-corrected chi connectivity index (χ3v) is 4.78. The van der Waals surface area contributed by atoms with Gasteiger partial charge in [0.25, 0.3) is 5.91 Å². The second-order valence-corrected chi connectivity index (χ2v) is 7.17. The zero-order valence-corrected chi connectivity index (χ0v) is 15.1. The second-order valence-electron chi connectivity index (χ2n) is 7.17. The molecule has 3 heterocycles. The van der Waals surface area contributed by atoms with Crippen LogP contribution in [0.3, 0.4) is 0 Å². The van der Waals surface area contributed by atoms with Crippen LogP contribution >= 0.6 is 0 Å². The van der Waals surface area contributed by atoms with E-state index in [1.165, 1.54) is 5.69 Å². The Kier molecular flexibility index (Phi) is 4.73. The van der Waals surface area contributed by atoms with Gasteiger partial charge in [-0.05, 0) is 39.5 Å². The summed E-state index contributed by atoms with van der Waals surface area (Å²) < 4.78 is 4.12. The largest absolute Gasteiger partial charge is 0.340 e. The van der Waals surface area contributed by atoms with Crippen LogP contribution in [0.4, 0.5) is 0 Å². The quantitative estimate of drug-likeness (QED) is 0.866. The van der Waals surface area contributed by atoms with E-state index in [0.717, 1.165) is 38.2 Å². The molecule has 0 bridgehead atoms. The van der Waals surface area contributed by atoms with E-state index in [-0.39, 0.29) is 5.91 Å². The molecule has 0 aliphatic carbocycles. The molecule has 130 valence electrons. The summed E-state index contributed by atoms with van der Waals surface area (Å²) in [6.07, 6.45) is 8.55. The van der Waals surface area contributed by atoms with E-state index in [2.05, 4.69) is 35.3 Å². The van der Waals surface area contributed by atoms with Crippen LogP contribution in [-0.4, -0.2) is 43.0 Å². The molecular weight excluding hydrogens is 302 g/mol. The molecule has 1 amide bonds. The van der Waals surface area contributed by atoms with Gasteiger partial charge in [0.15, 0.2) is 0 Å². The number of aryl methyl sites for hydroxylation is 2. The number of hydrogen-bond acceptors (Lipinski definition) is 3. The first kappa shape index (κ1) is 16.7. The standard InChI is InChI=1S/C18H27N5O/c1-13(2)23-14(3)9-19-17(23)8-15-6-5-7-22(10-15)18(24)16-11-21(4)12-20-16/h9,11-13,15H,5-8,10H2,1-4H3. The van der Waals surface area contributed by atoms with Gasteiger partial charge >= 0.3 is 0 Å². The lowest BCUT2D eigenvalue weighted by atomic mass is 9.94. The molecule has 0 spiro atoms. The predicted octanol–water partition coefficient (Wildman–Crippen LogP) is 2.60. The van der Waals surface area contributed by atoms with Gasteiger partial charge in [0.1, 0.15) is 11.5 Å². The topological polar surface area (TPSA) is 56.0 Å². The summed E-state index contributed by atoms with van der Waals surface area (Å²) in [7, 11) is 1.89. The van der Waals surface area contributed by atoms with Gasteiger partial charge in [0.05, 0.1) is 6.33 Å². The summed E-state index contributed by atoms with van der Waals surface area (Å²) in [5, 5.41) is 0. The Balaban J connectivity index is 1.69. The molecule has 2 aromatic heterocycles. The molecule has 6 heteroatoms. The molecule has 1 fully saturated rings. The molecule has 1 saturated heterocycles. The number of piperidine rings is 1. The summed E-state index contributed by atoms with van der Waals surface area (Å²) in [6.45, 7) is 8.10. The smallest absolute Gasteiger partial charge is 0.274 e. The minimum Gasteiger partial charge on any atom is -0.340 e. The van der Waals surface area contributed by atoms with E-state index in [0.29, 0.717) is 17.7 Å². The van der Waals surface area contributed by atoms with E-state index in [1.54, 1.807) is 12.5 Å². The first-order chi connectivity index (χ1) is 11.5. The lowest BCUT2D eigenvalue weighted by Crippen LogP contribution is -2.41. The van der Waals surface area contributed by atoms with Crippen molar-refractivity contribution in [2.45, 2.75) is 46.1 Å². The van der Waals surface area contributed by atoms with Crippen molar-refractivity contribution in [3.63, 3.8) is 0 Å². The first-order valence-corrected chi connectivity index (χ1v) is 8.75. The van der Waals surface area contributed by atoms with Gasteiger partial charge in [0, 0.05) is 50.7 Å². The molecule has 1 aliphatic heterocycles. The predicted molar refractivity (Wildman–Crippen MR) is 92.9 cm³/mol. The lowest BCUT2D eigenvalue weighted by Gasteiger charge is -2.32. The number of rotatable bonds is 4. The van der Waals surface area contributed by atoms with Crippen LogP contribution in [-0.2, 0) is 13.5 Å². The molecule has 2 aromatic rings. The summed E-state index contributed by atoms with van der Waals surface area (Å²) in [6, 6.07) is 0.414. The third-order valence-electron chi connectivity index (χ3n) is 4.78. The molecule has 6 nitrogen and oxygen atoms in total. The molecule has 1 aliphatic rings. The zero-order valence-electron chi connectivity index (χ0n) is 15.1. The maximum absolute atomic E-state index is 12.6. The SMILES string of the molecule is Cc1cnc(CC2CCCN(C(=O)c3cn(C)cn3)C2)n1C(C)C. The van der Waals surface area contributed by atoms with E-state index in [9.17, 15) is 4.79 Å². The van der Waals surface area contributed by atoms with Gasteiger partial charge in [-0.25, -0.2) is 9.97 Å². The van der Waals surface area contributed by atoms with E-state index < -0.39 is 0 Å². The molecule has 1 unspecified atom stereocenters. The maximum Gasteiger partial charge on any atom is 0.274 e. The van der Waals surface area contributed by atoms with Crippen molar-refractivity contribution in [1.82, 2.24) is 24.0 Å². The van der Waals surface area contributed by atoms with Gasteiger partial charge < -0.3 is 14.0 Å². The number of carbonyl (C=O) groups excluding carboxylic acids is 1. The van der Waals surface area contributed by atoms with Crippen molar-refractivity contribution < 1.29 is 4.79 Å². The fraction of sp³-hybridized carbons (Fsp3) is 0.611. The Hall–Kier alpha value is -2.11. The Labute approximate surface area is 143 Å². The lowest BCUT2D eigenvalue weighted by molar-refractivity contribution is 0.0666. The van der Waals surface area contributed by atoms with Crippen molar-refractivity contribution in [2.75, 3.05) is 13.1 Å². The second kappa shape index (κ2) is 6.79. The minimum atomic E-state index is 0.0451. The van der Waals surface area contributed by atoms with Crippen LogP contribution in [0.25, 0.3) is 0 Å². The molecule has 3 rings (SSSR count). The van der Waals surface area contributed by atoms with Crippen LogP contribution < -0.4 is 0 Å². The average Bonchev–Trinajstić information content (AvgIpc) is 3.13. The normalized spacial score (nSPS) is 18.4. The molecule has 0 aromatic carbocycles. The number of imidazole rings is 2. The molecular formula is C18H27N5O. The highest BCUT2D eigenvalue weighted by Gasteiger charge is 2.27. The van der Waals surface area contributed by atoms with Crippen LogP contribution in [0, 0.1) is 12.8 Å². The number of carbonyl (C=O) groups is 1. The van der Waals surface area contributed by atoms with Crippen LogP contribution in [0.15, 0.2) is 18.7 Å². The van der Waals surface area contributed by atoms with Crippen molar-refractivity contribution in [1.29, 1.82) is 0 Å². The summed E-state index contributed by atoms with van der Waals surface area (Å²) in [5.74, 6) is 1.65. The number of amides is 1. The number of likely N-dealkylation sites (tertiary alicyclic amines) is 1. The Morgan fingerprint density at radius 1 is 1.38 bits per heavy atom. The van der Waals surface area contributed by atoms with Crippen molar-refractivity contribution >= 4 is 5.91 Å². The highest BCUT2D eigenvalue weighted by molar-refractivity contribution is 5.92. The number of nitrogens with zero attached hydrogens (tertiary/aromatic N) is 5. The monoisotopic (exact) mass is 329 g/mol. The fourth-order valence-corrected chi connectivity index (χ4v) is 3.71. The minimum absolute atomic E-state index is 0.0451. The molecule has 1 atom stereocenters. The van der Waals surface area contributed by atoms with Crippen molar-refractivity contribution in [2.24, 2.45) is 13.0 Å². The van der Waals surface area contributed by atoms with Gasteiger partial charge in [-0.2, -0.15) is 0 Å². The molecule has 24 heavy (non-hydrogen) atoms. The van der Waals surface area contributed by atoms with Crippen molar-refractivity contribution in [3.8, 4) is 0 Å². The van der Waals surface area contributed by atoms with E-state index >= 15 is 0 Å². The van der Waals surface area contributed by atoms with E-state index in [4.69, 9.17) is 0 Å². The Morgan fingerprint density at radius 2 is 2.17 bits per heavy atom. The first-order valence-electron chi connectivity index (χ1n) is 8.75. The zero-order chi connectivity index (χ0) is 17.3. The van der Waals surface area contributed by atoms with E-state index in [1.807, 2.05) is 22.7 Å².